The summed E-state index contributed by atoms with van der Waals surface area (Å²) < 4.78 is 81.4. The molecular formula is C27H28N6O9S3. The van der Waals surface area contributed by atoms with Crippen molar-refractivity contribution in [3.05, 3.63) is 82.9 Å². The van der Waals surface area contributed by atoms with Gasteiger partial charge in [-0.05, 0) is 56.4 Å². The number of phenolic OH excluding ortho intramolecular Hbond substituents is 1. The van der Waals surface area contributed by atoms with E-state index in [1.54, 1.807) is 14.0 Å². The Bertz CT molecular complexity index is 2170. The average Bonchev–Trinajstić information content (AvgIpc) is 2.99. The zero-order chi connectivity index (χ0) is 33.3. The van der Waals surface area contributed by atoms with Gasteiger partial charge in [0.2, 0.25) is 10.0 Å². The number of sulfonamides is 2. The molecule has 0 aliphatic heterocycles. The number of azo groups is 1. The van der Waals surface area contributed by atoms with Crippen LogP contribution in [-0.4, -0.2) is 66.1 Å². The van der Waals surface area contributed by atoms with Crippen LogP contribution < -0.4 is 10.0 Å². The Labute approximate surface area is 259 Å². The van der Waals surface area contributed by atoms with Crippen molar-refractivity contribution in [1.29, 1.82) is 0 Å². The maximum Gasteiger partial charge on any atom is 0.270 e. The number of phenols is 1. The maximum atomic E-state index is 13.5. The molecule has 0 aliphatic carbocycles. The minimum atomic E-state index is -4.42. The number of hydrogen-bond donors (Lipinski definition) is 3. The van der Waals surface area contributed by atoms with Crippen molar-refractivity contribution in [2.45, 2.75) is 27.8 Å². The van der Waals surface area contributed by atoms with Gasteiger partial charge in [0.1, 0.15) is 16.3 Å². The van der Waals surface area contributed by atoms with Gasteiger partial charge < -0.3 is 10.4 Å². The van der Waals surface area contributed by atoms with Gasteiger partial charge in [-0.15, -0.1) is 10.2 Å². The summed E-state index contributed by atoms with van der Waals surface area (Å²) in [5, 5.41) is 32.8. The van der Waals surface area contributed by atoms with Crippen LogP contribution in [0.1, 0.15) is 6.92 Å². The van der Waals surface area contributed by atoms with Crippen molar-refractivity contribution in [2.24, 2.45) is 10.2 Å². The Hall–Kier alpha value is -4.49. The van der Waals surface area contributed by atoms with Gasteiger partial charge in [-0.1, -0.05) is 18.2 Å². The highest BCUT2D eigenvalue weighted by atomic mass is 32.2. The molecule has 45 heavy (non-hydrogen) atoms. The Morgan fingerprint density at radius 3 is 2.16 bits per heavy atom. The van der Waals surface area contributed by atoms with Crippen LogP contribution in [0, 0.1) is 10.1 Å². The second-order valence-corrected chi connectivity index (χ2v) is 15.4. The van der Waals surface area contributed by atoms with Crippen molar-refractivity contribution in [3.8, 4) is 5.75 Å². The first-order chi connectivity index (χ1) is 21.0. The first-order valence-corrected chi connectivity index (χ1v) is 17.7. The van der Waals surface area contributed by atoms with Crippen LogP contribution in [0.5, 0.6) is 5.75 Å². The topological polar surface area (TPSA) is 218 Å². The summed E-state index contributed by atoms with van der Waals surface area (Å²) in [7, 11) is -9.53. The predicted molar refractivity (Wildman–Crippen MR) is 167 cm³/mol. The second kappa shape index (κ2) is 12.5. The maximum absolute atomic E-state index is 13.5. The number of nitro groups is 1. The van der Waals surface area contributed by atoms with Gasteiger partial charge in [0.25, 0.3) is 15.7 Å². The average molecular weight is 677 g/mol. The smallest absolute Gasteiger partial charge is 0.270 e. The SMILES string of the molecule is CNC(C)N(C)S(=O)(=O)c1cccc(S(=O)(=O)Nc2cccc3c(O)ccc(N=Nc4ccc([N+](=O)[O-])cc4S(C)(=O)=O)c23)c1. The van der Waals surface area contributed by atoms with E-state index in [1.165, 1.54) is 55.6 Å². The van der Waals surface area contributed by atoms with E-state index >= 15 is 0 Å². The van der Waals surface area contributed by atoms with Crippen LogP contribution >= 0.6 is 0 Å². The number of anilines is 1. The van der Waals surface area contributed by atoms with Gasteiger partial charge in [0, 0.05) is 36.2 Å². The highest BCUT2D eigenvalue weighted by molar-refractivity contribution is 7.93. The highest BCUT2D eigenvalue weighted by Gasteiger charge is 2.27. The van der Waals surface area contributed by atoms with Crippen molar-refractivity contribution in [2.75, 3.05) is 25.1 Å². The predicted octanol–water partition coefficient (Wildman–Crippen LogP) is 4.26. The van der Waals surface area contributed by atoms with Crippen molar-refractivity contribution < 1.29 is 35.3 Å². The summed E-state index contributed by atoms with van der Waals surface area (Å²) in [6.45, 7) is 1.62. The molecule has 0 aromatic heterocycles. The van der Waals surface area contributed by atoms with Crippen LogP contribution in [0.25, 0.3) is 10.8 Å². The molecule has 4 aromatic carbocycles. The summed E-state index contributed by atoms with van der Waals surface area (Å²) in [6, 6.07) is 14.7. The number of nitrogens with one attached hydrogen (secondary N) is 2. The van der Waals surface area contributed by atoms with E-state index < -0.39 is 51.6 Å². The minimum Gasteiger partial charge on any atom is -0.507 e. The number of fused-ring (bicyclic) bond motifs is 1. The molecular weight excluding hydrogens is 649 g/mol. The molecule has 4 rings (SSSR count). The summed E-state index contributed by atoms with van der Waals surface area (Å²) in [5.74, 6) is -0.230. The zero-order valence-corrected chi connectivity index (χ0v) is 26.7. The minimum absolute atomic E-state index is 0.0120. The normalized spacial score (nSPS) is 13.4. The molecule has 1 atom stereocenters. The molecule has 0 bridgehead atoms. The first kappa shape index (κ1) is 33.4. The fourth-order valence-corrected chi connectivity index (χ4v) is 7.60. The Kier molecular flexibility index (Phi) is 9.27. The molecule has 0 spiro atoms. The second-order valence-electron chi connectivity index (χ2n) is 9.78. The molecule has 18 heteroatoms. The van der Waals surface area contributed by atoms with Gasteiger partial charge in [0.05, 0.1) is 32.3 Å². The number of aromatic hydroxyl groups is 1. The third-order valence-electron chi connectivity index (χ3n) is 6.82. The number of nitrogens with zero attached hydrogens (tertiary/aromatic N) is 4. The molecule has 0 aliphatic rings. The van der Waals surface area contributed by atoms with Crippen LogP contribution in [-0.2, 0) is 29.9 Å². The third-order valence-corrected chi connectivity index (χ3v) is 11.2. The number of nitro benzene ring substituents is 1. The Balaban J connectivity index is 1.81. The molecule has 238 valence electrons. The van der Waals surface area contributed by atoms with Crippen molar-refractivity contribution >= 4 is 63.4 Å². The van der Waals surface area contributed by atoms with E-state index in [1.807, 2.05) is 0 Å². The Morgan fingerprint density at radius 2 is 1.51 bits per heavy atom. The fourth-order valence-electron chi connectivity index (χ4n) is 4.21. The first-order valence-electron chi connectivity index (χ1n) is 12.9. The molecule has 0 amide bonds. The number of non-ortho nitro benzene ring substituents is 1. The lowest BCUT2D eigenvalue weighted by Gasteiger charge is -2.24. The molecule has 0 saturated carbocycles. The van der Waals surface area contributed by atoms with E-state index in [-0.39, 0.29) is 43.4 Å². The Morgan fingerprint density at radius 1 is 0.889 bits per heavy atom. The van der Waals surface area contributed by atoms with Crippen LogP contribution in [0.15, 0.2) is 97.7 Å². The summed E-state index contributed by atoms with van der Waals surface area (Å²) in [6.07, 6.45) is 0.275. The molecule has 1 unspecified atom stereocenters. The van der Waals surface area contributed by atoms with Crippen LogP contribution in [0.3, 0.4) is 0 Å². The third kappa shape index (κ3) is 6.94. The van der Waals surface area contributed by atoms with E-state index in [0.29, 0.717) is 0 Å². The quantitative estimate of drug-likeness (QED) is 0.0887. The highest BCUT2D eigenvalue weighted by Crippen LogP contribution is 2.40. The van der Waals surface area contributed by atoms with Gasteiger partial charge in [0.15, 0.2) is 9.84 Å². The van der Waals surface area contributed by atoms with Crippen molar-refractivity contribution in [3.63, 3.8) is 0 Å². The molecule has 15 nitrogen and oxygen atoms in total. The zero-order valence-electron chi connectivity index (χ0n) is 24.2. The number of benzene rings is 4. The fraction of sp³-hybridized carbons (Fsp3) is 0.185. The van der Waals surface area contributed by atoms with E-state index in [2.05, 4.69) is 20.3 Å². The molecule has 0 saturated heterocycles. The van der Waals surface area contributed by atoms with E-state index in [4.69, 9.17) is 0 Å². The number of hydrogen-bond acceptors (Lipinski definition) is 12. The van der Waals surface area contributed by atoms with Crippen molar-refractivity contribution in [1.82, 2.24) is 9.62 Å². The lowest BCUT2D eigenvalue weighted by atomic mass is 10.1. The summed E-state index contributed by atoms with van der Waals surface area (Å²) >= 11 is 0. The van der Waals surface area contributed by atoms with E-state index in [9.17, 15) is 40.5 Å². The summed E-state index contributed by atoms with van der Waals surface area (Å²) in [5.41, 5.74) is -0.726. The summed E-state index contributed by atoms with van der Waals surface area (Å²) in [4.78, 5) is 9.35. The lowest BCUT2D eigenvalue weighted by molar-refractivity contribution is -0.385. The molecule has 3 N–H and O–H groups in total. The lowest BCUT2D eigenvalue weighted by Crippen LogP contribution is -2.42. The van der Waals surface area contributed by atoms with Crippen LogP contribution in [0.4, 0.5) is 22.7 Å². The molecule has 0 heterocycles. The van der Waals surface area contributed by atoms with Gasteiger partial charge in [-0.2, -0.15) is 4.31 Å². The van der Waals surface area contributed by atoms with Gasteiger partial charge in [-0.25, -0.2) is 25.3 Å². The monoisotopic (exact) mass is 676 g/mol. The largest absolute Gasteiger partial charge is 0.507 e. The number of rotatable bonds is 11. The van der Waals surface area contributed by atoms with E-state index in [0.717, 1.165) is 34.8 Å². The molecule has 4 aromatic rings. The number of sulfone groups is 1. The van der Waals surface area contributed by atoms with Crippen LogP contribution in [0.2, 0.25) is 0 Å². The standard InChI is InChI=1S/C27H28N6O9S3/c1-17(28-2)32(3)45(41,42)20-8-5-7-19(16-20)44(39,40)31-24-10-6-9-21-25(34)14-13-23(27(21)24)30-29-22-12-11-18(33(35)36)15-26(22)43(4,37)38/h5-17,28,31,34H,1-4H3. The van der Waals surface area contributed by atoms with Gasteiger partial charge in [-0.3, -0.25) is 14.8 Å². The van der Waals surface area contributed by atoms with Gasteiger partial charge >= 0.3 is 0 Å². The molecule has 0 radical (unpaired) electrons. The molecule has 0 fully saturated rings.